The Kier molecular flexibility index (Phi) is 4.19. The first-order chi connectivity index (χ1) is 7.45. The van der Waals surface area contributed by atoms with Crippen molar-refractivity contribution in [2.45, 2.75) is 0 Å². The molecule has 0 radical (unpaired) electrons. The topological polar surface area (TPSA) is 61.1 Å². The molecule has 6 heteroatoms. The highest BCUT2D eigenvalue weighted by molar-refractivity contribution is 6.40. The van der Waals surface area contributed by atoms with E-state index in [9.17, 15) is 4.79 Å². The van der Waals surface area contributed by atoms with Crippen LogP contribution in [0.15, 0.2) is 18.2 Å². The summed E-state index contributed by atoms with van der Waals surface area (Å²) in [5.41, 5.74) is 0.0387. The number of nitriles is 1. The number of benzene rings is 1. The smallest absolute Gasteiger partial charge is 0.329 e. The Morgan fingerprint density at radius 1 is 1.31 bits per heavy atom. The molecule has 1 aromatic rings. The number of halogens is 3. The zero-order valence-corrected chi connectivity index (χ0v) is 9.94. The minimum atomic E-state index is -1.25. The highest BCUT2D eigenvalue weighted by atomic mass is 35.5. The Labute approximate surface area is 106 Å². The SMILES string of the molecule is N#CC(=CC(=O)O)c1c(Cl)cc(Cl)cc1Cl. The minimum absolute atomic E-state index is 0.126. The van der Waals surface area contributed by atoms with Crippen LogP contribution in [0.4, 0.5) is 0 Å². The van der Waals surface area contributed by atoms with Crippen molar-refractivity contribution in [2.75, 3.05) is 0 Å². The van der Waals surface area contributed by atoms with Gasteiger partial charge in [0.1, 0.15) is 6.07 Å². The molecule has 0 aromatic heterocycles. The third kappa shape index (κ3) is 2.89. The van der Waals surface area contributed by atoms with Crippen molar-refractivity contribution < 1.29 is 9.90 Å². The van der Waals surface area contributed by atoms with Crippen molar-refractivity contribution in [3.8, 4) is 6.07 Å². The molecule has 0 unspecified atom stereocenters. The lowest BCUT2D eigenvalue weighted by Gasteiger charge is -2.05. The molecule has 0 aliphatic rings. The zero-order chi connectivity index (χ0) is 12.3. The standard InChI is InChI=1S/C10H4Cl3NO2/c11-6-2-7(12)10(8(13)3-6)5(4-14)1-9(15)16/h1-3H,(H,15,16). The predicted molar refractivity (Wildman–Crippen MR) is 62.7 cm³/mol. The molecule has 0 saturated heterocycles. The Balaban J connectivity index is 3.44. The van der Waals surface area contributed by atoms with Gasteiger partial charge in [0.15, 0.2) is 0 Å². The Morgan fingerprint density at radius 2 is 1.81 bits per heavy atom. The van der Waals surface area contributed by atoms with Gasteiger partial charge in [-0.1, -0.05) is 34.8 Å². The van der Waals surface area contributed by atoms with Crippen molar-refractivity contribution in [1.82, 2.24) is 0 Å². The summed E-state index contributed by atoms with van der Waals surface area (Å²) in [5, 5.41) is 18.0. The van der Waals surface area contributed by atoms with Crippen molar-refractivity contribution in [1.29, 1.82) is 5.26 Å². The second kappa shape index (κ2) is 5.22. The van der Waals surface area contributed by atoms with Gasteiger partial charge in [-0.15, -0.1) is 0 Å². The number of rotatable bonds is 2. The number of carbonyl (C=O) groups is 1. The molecule has 0 fully saturated rings. The summed E-state index contributed by atoms with van der Waals surface area (Å²) in [6.07, 6.45) is 0.737. The van der Waals surface area contributed by atoms with E-state index in [-0.39, 0.29) is 21.2 Å². The third-order valence-corrected chi connectivity index (χ3v) is 2.48. The average molecular weight is 277 g/mol. The number of hydrogen-bond acceptors (Lipinski definition) is 2. The van der Waals surface area contributed by atoms with Crippen LogP contribution in [-0.4, -0.2) is 11.1 Å². The quantitative estimate of drug-likeness (QED) is 0.662. The highest BCUT2D eigenvalue weighted by Crippen LogP contribution is 2.33. The van der Waals surface area contributed by atoms with Gasteiger partial charge in [0, 0.05) is 16.7 Å². The van der Waals surface area contributed by atoms with Crippen molar-refractivity contribution >= 4 is 46.3 Å². The molecule has 1 N–H and O–H groups in total. The number of carboxylic acid groups (broad SMARTS) is 1. The summed E-state index contributed by atoms with van der Waals surface area (Å²) < 4.78 is 0. The number of hydrogen-bond donors (Lipinski definition) is 1. The van der Waals surface area contributed by atoms with Gasteiger partial charge >= 0.3 is 5.97 Å². The Hall–Kier alpha value is -1.21. The summed E-state index contributed by atoms with van der Waals surface area (Å²) in [5.74, 6) is -1.25. The van der Waals surface area contributed by atoms with E-state index < -0.39 is 5.97 Å². The molecule has 3 nitrogen and oxygen atoms in total. The van der Waals surface area contributed by atoms with Crippen LogP contribution >= 0.6 is 34.8 Å². The van der Waals surface area contributed by atoms with Gasteiger partial charge < -0.3 is 5.11 Å². The number of aliphatic carboxylic acids is 1. The lowest BCUT2D eigenvalue weighted by molar-refractivity contribution is -0.131. The van der Waals surface area contributed by atoms with E-state index in [0.29, 0.717) is 5.02 Å². The third-order valence-electron chi connectivity index (χ3n) is 1.66. The molecule has 16 heavy (non-hydrogen) atoms. The normalized spacial score (nSPS) is 11.0. The Bertz CT molecular complexity index is 494. The molecular weight excluding hydrogens is 272 g/mol. The number of nitrogens with zero attached hydrogens (tertiary/aromatic N) is 1. The van der Waals surface area contributed by atoms with Gasteiger partial charge in [-0.25, -0.2) is 4.79 Å². The first-order valence-corrected chi connectivity index (χ1v) is 5.08. The van der Waals surface area contributed by atoms with Crippen molar-refractivity contribution in [3.63, 3.8) is 0 Å². The molecule has 0 atom stereocenters. The molecule has 1 aromatic carbocycles. The number of carboxylic acids is 1. The van der Waals surface area contributed by atoms with Gasteiger partial charge in [0.25, 0.3) is 0 Å². The van der Waals surface area contributed by atoms with Crippen LogP contribution in [0.25, 0.3) is 5.57 Å². The van der Waals surface area contributed by atoms with E-state index in [4.69, 9.17) is 45.2 Å². The second-order valence-electron chi connectivity index (χ2n) is 2.75. The van der Waals surface area contributed by atoms with Crippen LogP contribution in [0.1, 0.15) is 5.56 Å². The average Bonchev–Trinajstić information content (AvgIpc) is 2.13. The summed E-state index contributed by atoms with van der Waals surface area (Å²) in [4.78, 5) is 10.5. The summed E-state index contributed by atoms with van der Waals surface area (Å²) in [7, 11) is 0. The molecule has 0 aliphatic heterocycles. The molecule has 0 saturated carbocycles. The molecule has 0 aliphatic carbocycles. The van der Waals surface area contributed by atoms with Crippen LogP contribution in [0.5, 0.6) is 0 Å². The fraction of sp³-hybridized carbons (Fsp3) is 0. The van der Waals surface area contributed by atoms with Gasteiger partial charge in [-0.3, -0.25) is 0 Å². The van der Waals surface area contributed by atoms with Gasteiger partial charge in [0.2, 0.25) is 0 Å². The van der Waals surface area contributed by atoms with Crippen LogP contribution < -0.4 is 0 Å². The first kappa shape index (κ1) is 12.9. The van der Waals surface area contributed by atoms with Crippen molar-refractivity contribution in [3.05, 3.63) is 38.8 Å². The molecule has 0 amide bonds. The van der Waals surface area contributed by atoms with Crippen LogP contribution in [0.2, 0.25) is 15.1 Å². The molecule has 1 rings (SSSR count). The molecule has 0 bridgehead atoms. The van der Waals surface area contributed by atoms with Crippen LogP contribution in [0.3, 0.4) is 0 Å². The van der Waals surface area contributed by atoms with Gasteiger partial charge in [0.05, 0.1) is 15.6 Å². The molecular formula is C10H4Cl3NO2. The fourth-order valence-corrected chi connectivity index (χ4v) is 2.10. The Morgan fingerprint density at radius 3 is 2.19 bits per heavy atom. The van der Waals surface area contributed by atoms with E-state index in [1.807, 2.05) is 0 Å². The van der Waals surface area contributed by atoms with Gasteiger partial charge in [-0.05, 0) is 12.1 Å². The molecule has 0 spiro atoms. The first-order valence-electron chi connectivity index (χ1n) is 3.95. The fourth-order valence-electron chi connectivity index (χ4n) is 1.08. The van der Waals surface area contributed by atoms with E-state index in [0.717, 1.165) is 6.08 Å². The summed E-state index contributed by atoms with van der Waals surface area (Å²) in [6, 6.07) is 4.49. The molecule has 0 heterocycles. The zero-order valence-electron chi connectivity index (χ0n) is 7.67. The monoisotopic (exact) mass is 275 g/mol. The predicted octanol–water partition coefficient (Wildman–Crippen LogP) is 3.64. The summed E-state index contributed by atoms with van der Waals surface area (Å²) in [6.45, 7) is 0. The maximum Gasteiger partial charge on any atom is 0.329 e. The van der Waals surface area contributed by atoms with Crippen molar-refractivity contribution in [2.24, 2.45) is 0 Å². The van der Waals surface area contributed by atoms with E-state index in [1.165, 1.54) is 12.1 Å². The van der Waals surface area contributed by atoms with E-state index >= 15 is 0 Å². The van der Waals surface area contributed by atoms with Gasteiger partial charge in [-0.2, -0.15) is 5.26 Å². The second-order valence-corrected chi connectivity index (χ2v) is 4.00. The highest BCUT2D eigenvalue weighted by Gasteiger charge is 2.13. The maximum atomic E-state index is 10.5. The van der Waals surface area contributed by atoms with Crippen LogP contribution in [-0.2, 0) is 4.79 Å². The lowest BCUT2D eigenvalue weighted by Crippen LogP contribution is -1.93. The molecule has 82 valence electrons. The van der Waals surface area contributed by atoms with E-state index in [2.05, 4.69) is 0 Å². The largest absolute Gasteiger partial charge is 0.478 e. The minimum Gasteiger partial charge on any atom is -0.478 e. The maximum absolute atomic E-state index is 10.5. The summed E-state index contributed by atoms with van der Waals surface area (Å²) >= 11 is 17.4. The number of allylic oxidation sites excluding steroid dienone is 1. The van der Waals surface area contributed by atoms with E-state index in [1.54, 1.807) is 6.07 Å². The lowest BCUT2D eigenvalue weighted by atomic mass is 10.1. The van der Waals surface area contributed by atoms with Crippen LogP contribution in [0, 0.1) is 11.3 Å².